The molecule has 2 aromatic heterocycles. The van der Waals surface area contributed by atoms with Crippen molar-refractivity contribution >= 4 is 54.6 Å². The van der Waals surface area contributed by atoms with E-state index in [-0.39, 0.29) is 9.79 Å². The van der Waals surface area contributed by atoms with Gasteiger partial charge in [-0.1, -0.05) is 71.7 Å². The number of thiophene rings is 1. The maximum atomic E-state index is 12.8. The molecule has 0 saturated heterocycles. The van der Waals surface area contributed by atoms with E-state index in [0.29, 0.717) is 20.7 Å². The molecule has 13 heteroatoms. The summed E-state index contributed by atoms with van der Waals surface area (Å²) in [5.74, 6) is 0. The van der Waals surface area contributed by atoms with Crippen molar-refractivity contribution in [1.29, 1.82) is 0 Å². The van der Waals surface area contributed by atoms with Crippen molar-refractivity contribution in [3.05, 3.63) is 112 Å². The number of primary sulfonamides is 1. The summed E-state index contributed by atoms with van der Waals surface area (Å²) in [6.45, 7) is 0. The van der Waals surface area contributed by atoms with Crippen LogP contribution in [0.1, 0.15) is 0 Å². The average molecular weight is 608 g/mol. The Hall–Kier alpha value is -3.19. The van der Waals surface area contributed by atoms with Crippen molar-refractivity contribution in [2.24, 2.45) is 5.14 Å². The van der Waals surface area contributed by atoms with Gasteiger partial charge in [0.05, 0.1) is 24.7 Å². The van der Waals surface area contributed by atoms with Crippen LogP contribution in [0.5, 0.6) is 0 Å². The number of hydrogen-bond acceptors (Lipinski definition) is 6. The second-order valence-electron chi connectivity index (χ2n) is 7.70. The van der Waals surface area contributed by atoms with Gasteiger partial charge in [-0.25, -0.2) is 13.6 Å². The lowest BCUT2D eigenvalue weighted by molar-refractivity contribution is 0.592. The zero-order valence-corrected chi connectivity index (χ0v) is 23.4. The summed E-state index contributed by atoms with van der Waals surface area (Å²) in [7, 11) is -7.32. The first kappa shape index (κ1) is 27.8. The number of benzene rings is 3. The Balaban J connectivity index is 0.000000283. The van der Waals surface area contributed by atoms with Crippen LogP contribution in [0.3, 0.4) is 0 Å². The lowest BCUT2D eigenvalue weighted by Gasteiger charge is -2.11. The number of rotatable bonds is 6. The first-order chi connectivity index (χ1) is 18.0. The van der Waals surface area contributed by atoms with E-state index in [1.807, 2.05) is 6.07 Å². The largest absolute Gasteiger partial charge is 0.276 e. The Morgan fingerprint density at radius 3 is 1.84 bits per heavy atom. The van der Waals surface area contributed by atoms with E-state index >= 15 is 0 Å². The van der Waals surface area contributed by atoms with E-state index in [4.69, 9.17) is 28.3 Å². The Bertz CT molecular complexity index is 1740. The monoisotopic (exact) mass is 606 g/mol. The second-order valence-corrected chi connectivity index (χ2v) is 13.1. The molecule has 3 aromatic carbocycles. The van der Waals surface area contributed by atoms with Crippen molar-refractivity contribution in [1.82, 2.24) is 9.89 Å². The normalized spacial score (nSPS) is 11.4. The summed E-state index contributed by atoms with van der Waals surface area (Å²) in [5.41, 5.74) is 1.95. The molecule has 0 aliphatic rings. The van der Waals surface area contributed by atoms with Gasteiger partial charge in [0.1, 0.15) is 5.69 Å². The Kier molecular flexibility index (Phi) is 8.56. The molecular weight excluding hydrogens is 587 g/mol. The van der Waals surface area contributed by atoms with Gasteiger partial charge in [-0.15, -0.1) is 11.3 Å². The van der Waals surface area contributed by atoms with Gasteiger partial charge in [0, 0.05) is 10.6 Å². The molecule has 38 heavy (non-hydrogen) atoms. The fraction of sp³-hybridized carbons (Fsp3) is 0. The van der Waals surface area contributed by atoms with E-state index in [1.165, 1.54) is 40.4 Å². The van der Waals surface area contributed by atoms with Gasteiger partial charge >= 0.3 is 0 Å². The highest BCUT2D eigenvalue weighted by Gasteiger charge is 2.19. The Morgan fingerprint density at radius 2 is 1.34 bits per heavy atom. The summed E-state index contributed by atoms with van der Waals surface area (Å²) in [4.78, 5) is 4.91. The first-order valence-electron chi connectivity index (χ1n) is 10.8. The van der Waals surface area contributed by atoms with Crippen molar-refractivity contribution in [3.8, 4) is 21.8 Å². The van der Waals surface area contributed by atoms with Gasteiger partial charge in [-0.2, -0.15) is 23.1 Å². The molecule has 0 amide bonds. The predicted octanol–water partition coefficient (Wildman–Crippen LogP) is 5.85. The summed E-state index contributed by atoms with van der Waals surface area (Å²) in [5, 5.41) is 9.87. The summed E-state index contributed by atoms with van der Waals surface area (Å²) in [6.07, 6.45) is 0. The molecule has 0 radical (unpaired) electrons. The molecule has 0 saturated carbocycles. The number of nitrogens with two attached hydrogens (primary N) is 1. The van der Waals surface area contributed by atoms with Gasteiger partial charge in [0.2, 0.25) is 10.0 Å². The number of sulfonamides is 2. The number of aromatic nitrogens is 2. The highest BCUT2D eigenvalue weighted by Crippen LogP contribution is 2.33. The van der Waals surface area contributed by atoms with Gasteiger partial charge in [0.25, 0.3) is 10.0 Å². The molecule has 0 atom stereocenters. The molecular formula is C25H20Cl2N4O4S3. The molecule has 2 heterocycles. The second kappa shape index (κ2) is 11.7. The number of halogens is 2. The molecule has 0 spiro atoms. The zero-order chi connectivity index (χ0) is 27.3. The van der Waals surface area contributed by atoms with E-state index < -0.39 is 20.0 Å². The van der Waals surface area contributed by atoms with Crippen LogP contribution in [0.4, 0.5) is 0 Å². The van der Waals surface area contributed by atoms with Gasteiger partial charge in [-0.05, 0) is 54.6 Å². The van der Waals surface area contributed by atoms with Crippen LogP contribution in [0.15, 0.2) is 113 Å². The van der Waals surface area contributed by atoms with Crippen LogP contribution in [0.2, 0.25) is 9.36 Å². The molecule has 3 N–H and O–H groups in total. The summed E-state index contributed by atoms with van der Waals surface area (Å²) < 4.78 is 47.4. The van der Waals surface area contributed by atoms with E-state index in [2.05, 4.69) is 9.93 Å². The fourth-order valence-corrected chi connectivity index (χ4v) is 5.87. The maximum Gasteiger partial charge on any atom is 0.276 e. The van der Waals surface area contributed by atoms with Crippen molar-refractivity contribution < 1.29 is 16.8 Å². The highest BCUT2D eigenvalue weighted by molar-refractivity contribution is 7.92. The third kappa shape index (κ3) is 7.01. The van der Waals surface area contributed by atoms with E-state index in [1.54, 1.807) is 72.8 Å². The first-order valence-corrected chi connectivity index (χ1v) is 15.4. The molecule has 0 bridgehead atoms. The van der Waals surface area contributed by atoms with Crippen LogP contribution in [0, 0.1) is 0 Å². The van der Waals surface area contributed by atoms with Crippen molar-refractivity contribution in [2.75, 3.05) is 4.83 Å². The van der Waals surface area contributed by atoms with Crippen LogP contribution in [0.25, 0.3) is 21.8 Å². The molecule has 0 aliphatic heterocycles. The minimum atomic E-state index is -3.81. The predicted molar refractivity (Wildman–Crippen MR) is 152 cm³/mol. The highest BCUT2D eigenvalue weighted by atomic mass is 35.5. The lowest BCUT2D eigenvalue weighted by Crippen LogP contribution is -2.25. The SMILES string of the molecule is NS(=O)(=O)c1ccccc1.O=S(=O)(Nn1nc(-c2ccc(Cl)s2)cc1-c1ccc(Cl)cc1)c1ccccc1. The standard InChI is InChI=1S/C19H13Cl2N3O2S2.C6H7NO2S/c20-14-8-6-13(7-9-14)17-12-16(18-10-11-19(21)27-18)22-24(17)23-28(25,26)15-4-2-1-3-5-15;7-10(8,9)6-4-2-1-3-5-6/h1-12,23H;1-5H,(H2,7,8,9). The minimum absolute atomic E-state index is 0.147. The third-order valence-corrected chi connectivity index (χ3v) is 8.75. The molecule has 196 valence electrons. The molecule has 0 fully saturated rings. The van der Waals surface area contributed by atoms with Crippen LogP contribution < -0.4 is 9.97 Å². The average Bonchev–Trinajstić information content (AvgIpc) is 3.51. The Morgan fingerprint density at radius 1 is 0.763 bits per heavy atom. The van der Waals surface area contributed by atoms with Crippen LogP contribution in [-0.4, -0.2) is 26.7 Å². The van der Waals surface area contributed by atoms with Gasteiger partial charge < -0.3 is 0 Å². The fourth-order valence-electron chi connectivity index (χ4n) is 3.23. The zero-order valence-electron chi connectivity index (χ0n) is 19.4. The summed E-state index contributed by atoms with van der Waals surface area (Å²) >= 11 is 13.4. The number of nitrogens with one attached hydrogen (secondary N) is 1. The summed E-state index contributed by atoms with van der Waals surface area (Å²) in [6, 6.07) is 28.5. The molecule has 0 unspecified atom stereocenters. The molecule has 8 nitrogen and oxygen atoms in total. The quantitative estimate of drug-likeness (QED) is 0.251. The van der Waals surface area contributed by atoms with Crippen molar-refractivity contribution in [3.63, 3.8) is 0 Å². The van der Waals surface area contributed by atoms with Crippen LogP contribution in [-0.2, 0) is 20.0 Å². The number of hydrogen-bond donors (Lipinski definition) is 2. The van der Waals surface area contributed by atoms with Gasteiger partial charge in [-0.3, -0.25) is 0 Å². The third-order valence-electron chi connectivity index (χ3n) is 5.01. The number of nitrogens with zero attached hydrogens (tertiary/aromatic N) is 2. The smallest absolute Gasteiger partial charge is 0.225 e. The van der Waals surface area contributed by atoms with E-state index in [0.717, 1.165) is 10.4 Å². The van der Waals surface area contributed by atoms with E-state index in [9.17, 15) is 16.8 Å². The molecule has 5 rings (SSSR count). The van der Waals surface area contributed by atoms with Crippen molar-refractivity contribution in [2.45, 2.75) is 9.79 Å². The van der Waals surface area contributed by atoms with Crippen LogP contribution >= 0.6 is 34.5 Å². The topological polar surface area (TPSA) is 124 Å². The minimum Gasteiger partial charge on any atom is -0.225 e. The Labute approximate surface area is 234 Å². The lowest BCUT2D eigenvalue weighted by atomic mass is 10.1. The molecule has 5 aromatic rings. The molecule has 0 aliphatic carbocycles. The van der Waals surface area contributed by atoms with Gasteiger partial charge in [0.15, 0.2) is 0 Å². The maximum absolute atomic E-state index is 12.8.